The molecule has 0 radical (unpaired) electrons. The number of alkyl halides is 2. The van der Waals surface area contributed by atoms with Crippen LogP contribution in [0.15, 0.2) is 48.6 Å². The summed E-state index contributed by atoms with van der Waals surface area (Å²) in [4.78, 5) is 31.5. The number of anilines is 1. The van der Waals surface area contributed by atoms with E-state index in [1.54, 1.807) is 30.1 Å². The molecule has 1 amide bonds. The van der Waals surface area contributed by atoms with Gasteiger partial charge < -0.3 is 29.5 Å². The maximum atomic E-state index is 13.6. The zero-order chi connectivity index (χ0) is 36.1. The number of carbonyl (C=O) groups is 2. The lowest BCUT2D eigenvalue weighted by Gasteiger charge is -2.47. The number of rotatable bonds is 5. The number of fused-ring (bicyclic) bond motifs is 4. The average Bonchev–Trinajstić information content (AvgIpc) is 3.21. The molecule has 2 N–H and O–H groups in total. The van der Waals surface area contributed by atoms with E-state index in [1.807, 2.05) is 31.2 Å². The van der Waals surface area contributed by atoms with Gasteiger partial charge >= 0.3 is 5.97 Å². The van der Waals surface area contributed by atoms with Crippen molar-refractivity contribution in [1.82, 2.24) is 9.80 Å². The first kappa shape index (κ1) is 36.1. The third kappa shape index (κ3) is 7.11. The summed E-state index contributed by atoms with van der Waals surface area (Å²) in [5.74, 6) is -3.65. The minimum atomic E-state index is -2.64. The lowest BCUT2D eigenvalue weighted by atomic mass is 9.68. The van der Waals surface area contributed by atoms with Crippen LogP contribution in [0.25, 0.3) is 0 Å². The number of carbonyl (C=O) groups excluding carboxylic acids is 1. The summed E-state index contributed by atoms with van der Waals surface area (Å²) in [7, 11) is 1.60. The molecule has 0 aromatic heterocycles. The van der Waals surface area contributed by atoms with E-state index >= 15 is 0 Å². The monoisotopic (exact) mass is 727 g/mol. The van der Waals surface area contributed by atoms with E-state index in [0.29, 0.717) is 55.7 Å². The molecule has 12 heteroatoms. The fraction of sp³-hybridized carbons (Fsp3) is 0.590. The van der Waals surface area contributed by atoms with Gasteiger partial charge in [-0.25, -0.2) is 13.6 Å². The van der Waals surface area contributed by atoms with Gasteiger partial charge in [-0.05, 0) is 98.2 Å². The molecule has 5 aliphatic rings. The molecule has 51 heavy (non-hydrogen) atoms. The summed E-state index contributed by atoms with van der Waals surface area (Å²) in [6.45, 7) is 3.74. The number of carboxylic acid groups (broad SMARTS) is 1. The topological polar surface area (TPSA) is 103 Å². The van der Waals surface area contributed by atoms with Gasteiger partial charge in [-0.1, -0.05) is 35.9 Å². The molecule has 6 atom stereocenters. The third-order valence-electron chi connectivity index (χ3n) is 12.0. The number of likely N-dealkylation sites (tertiary alicyclic amines) is 1. The predicted molar refractivity (Wildman–Crippen MR) is 190 cm³/mol. The van der Waals surface area contributed by atoms with Gasteiger partial charge in [0, 0.05) is 43.2 Å². The van der Waals surface area contributed by atoms with Crippen LogP contribution in [0.4, 0.5) is 14.5 Å². The van der Waals surface area contributed by atoms with Crippen LogP contribution in [0.3, 0.4) is 0 Å². The number of aliphatic hydroxyl groups is 1. The summed E-state index contributed by atoms with van der Waals surface area (Å²) in [5, 5.41) is 22.7. The van der Waals surface area contributed by atoms with Gasteiger partial charge in [0.1, 0.15) is 5.75 Å². The van der Waals surface area contributed by atoms with Crippen molar-refractivity contribution in [1.29, 1.82) is 0 Å². The highest BCUT2D eigenvalue weighted by atomic mass is 35.5. The number of ether oxygens (including phenoxy) is 2. The van der Waals surface area contributed by atoms with E-state index in [9.17, 15) is 28.6 Å². The molecule has 2 fully saturated rings. The molecular weight excluding hydrogens is 680 g/mol. The van der Waals surface area contributed by atoms with Crippen LogP contribution in [0.1, 0.15) is 62.1 Å². The summed E-state index contributed by atoms with van der Waals surface area (Å²) >= 11 is 6.44. The summed E-state index contributed by atoms with van der Waals surface area (Å²) < 4.78 is 40.4. The van der Waals surface area contributed by atoms with E-state index in [0.717, 1.165) is 32.1 Å². The number of amides is 1. The van der Waals surface area contributed by atoms with Crippen molar-refractivity contribution in [3.8, 4) is 5.75 Å². The molecule has 1 saturated heterocycles. The number of carboxylic acids is 1. The Bertz CT molecular complexity index is 1680. The van der Waals surface area contributed by atoms with Crippen molar-refractivity contribution in [2.45, 2.75) is 81.0 Å². The molecule has 3 heterocycles. The fourth-order valence-electron chi connectivity index (χ4n) is 8.72. The first-order valence-electron chi connectivity index (χ1n) is 18.2. The number of halogens is 3. The molecule has 2 bridgehead atoms. The lowest BCUT2D eigenvalue weighted by Crippen LogP contribution is -2.60. The van der Waals surface area contributed by atoms with Crippen molar-refractivity contribution >= 4 is 29.2 Å². The van der Waals surface area contributed by atoms with Gasteiger partial charge in [-0.15, -0.1) is 0 Å². The Balaban J connectivity index is 1.25. The lowest BCUT2D eigenvalue weighted by molar-refractivity contribution is -0.164. The van der Waals surface area contributed by atoms with Gasteiger partial charge in [0.05, 0.1) is 44.5 Å². The number of aliphatic carboxylic acids is 1. The van der Waals surface area contributed by atoms with Crippen LogP contribution < -0.4 is 9.64 Å². The third-order valence-corrected chi connectivity index (χ3v) is 12.3. The van der Waals surface area contributed by atoms with Crippen LogP contribution in [-0.2, 0) is 31.8 Å². The zero-order valence-electron chi connectivity index (χ0n) is 29.3. The standard InChI is InChI=1S/C39H48ClF2N3O6/c1-25(45-22-38(41,42)23-45)20-50-33-7-3-4-15-43(2)35(46)18-39(49,36(47)48)28-9-13-34-32(17-28)44(19-27-8-11-30(27)33)21-37(24-51-34)14-5-6-26-16-29(40)10-12-31(26)37/h3,7,9-10,12-13,16-17,25,27,30,33,49H,4-6,8,11,14-15,18-24H2,1-2H3,(H,47,48)/b7-3+/t25?,27-,30+,33-,37-,39+/m0/s1. The van der Waals surface area contributed by atoms with Crippen LogP contribution >= 0.6 is 11.6 Å². The summed E-state index contributed by atoms with van der Waals surface area (Å²) in [5.41, 5.74) is 0.420. The Morgan fingerprint density at radius 2 is 1.96 bits per heavy atom. The highest BCUT2D eigenvalue weighted by molar-refractivity contribution is 6.30. The SMILES string of the molecule is CC(CO[C@H]1/C=C/CCN(C)C(=O)C[C@](O)(C(=O)O)c2ccc3c(c2)N(C[C@@H]2CC[C@H]21)C[C@@]1(CCCc2cc(Cl)ccc21)CO3)N1CC(F)(F)C1. The second-order valence-corrected chi connectivity index (χ2v) is 16.0. The first-order chi connectivity index (χ1) is 24.3. The largest absolute Gasteiger partial charge is 0.490 e. The Kier molecular flexibility index (Phi) is 9.88. The van der Waals surface area contributed by atoms with Gasteiger partial charge in [-0.2, -0.15) is 0 Å². The van der Waals surface area contributed by atoms with Crippen molar-refractivity contribution in [3.63, 3.8) is 0 Å². The number of hydrogen-bond acceptors (Lipinski definition) is 7. The van der Waals surface area contributed by atoms with E-state index < -0.39 is 29.8 Å². The minimum absolute atomic E-state index is 0.125. The molecule has 1 saturated carbocycles. The van der Waals surface area contributed by atoms with Crippen molar-refractivity contribution in [2.75, 3.05) is 57.9 Å². The average molecular weight is 728 g/mol. The van der Waals surface area contributed by atoms with Gasteiger partial charge in [-0.3, -0.25) is 9.69 Å². The van der Waals surface area contributed by atoms with Crippen LogP contribution in [-0.4, -0.2) is 103 Å². The molecule has 2 aliphatic carbocycles. The Hall–Kier alpha value is -3.25. The number of aryl methyl sites for hydroxylation is 1. The first-order valence-corrected chi connectivity index (χ1v) is 18.6. The Morgan fingerprint density at radius 3 is 2.69 bits per heavy atom. The van der Waals surface area contributed by atoms with E-state index in [4.69, 9.17) is 21.1 Å². The highest BCUT2D eigenvalue weighted by Gasteiger charge is 2.48. The number of benzene rings is 2. The highest BCUT2D eigenvalue weighted by Crippen LogP contribution is 2.48. The van der Waals surface area contributed by atoms with E-state index in [2.05, 4.69) is 11.0 Å². The number of nitrogens with zero attached hydrogens (tertiary/aromatic N) is 3. The quantitative estimate of drug-likeness (QED) is 0.382. The van der Waals surface area contributed by atoms with Gasteiger partial charge in [0.15, 0.2) is 5.60 Å². The maximum Gasteiger partial charge on any atom is 0.340 e. The van der Waals surface area contributed by atoms with Crippen LogP contribution in [0.2, 0.25) is 5.02 Å². The fourth-order valence-corrected chi connectivity index (χ4v) is 8.92. The molecule has 2 aromatic rings. The molecule has 3 aliphatic heterocycles. The second kappa shape index (κ2) is 14.0. The van der Waals surface area contributed by atoms with E-state index in [-0.39, 0.29) is 48.0 Å². The molecule has 2 aromatic carbocycles. The Labute approximate surface area is 303 Å². The van der Waals surface area contributed by atoms with Crippen molar-refractivity contribution in [3.05, 3.63) is 70.3 Å². The molecule has 7 rings (SSSR count). The smallest absolute Gasteiger partial charge is 0.340 e. The summed E-state index contributed by atoms with van der Waals surface area (Å²) in [6.07, 6.45) is 8.38. The maximum absolute atomic E-state index is 13.6. The Morgan fingerprint density at radius 1 is 1.16 bits per heavy atom. The molecular formula is C39H48ClF2N3O6. The molecule has 1 unspecified atom stereocenters. The molecule has 276 valence electrons. The minimum Gasteiger partial charge on any atom is -0.490 e. The second-order valence-electron chi connectivity index (χ2n) is 15.6. The zero-order valence-corrected chi connectivity index (χ0v) is 30.1. The number of hydrogen-bond donors (Lipinski definition) is 2. The normalized spacial score (nSPS) is 32.0. The van der Waals surface area contributed by atoms with Crippen molar-refractivity contribution in [2.24, 2.45) is 11.8 Å². The van der Waals surface area contributed by atoms with Gasteiger partial charge in [0.25, 0.3) is 5.92 Å². The van der Waals surface area contributed by atoms with E-state index in [1.165, 1.54) is 16.0 Å². The van der Waals surface area contributed by atoms with Crippen LogP contribution in [0, 0.1) is 11.8 Å². The molecule has 1 spiro atoms. The van der Waals surface area contributed by atoms with Crippen molar-refractivity contribution < 1.29 is 38.1 Å². The summed E-state index contributed by atoms with van der Waals surface area (Å²) in [6, 6.07) is 10.9. The molecule has 9 nitrogen and oxygen atoms in total. The predicted octanol–water partition coefficient (Wildman–Crippen LogP) is 5.64. The van der Waals surface area contributed by atoms with Gasteiger partial charge in [0.2, 0.25) is 5.91 Å². The van der Waals surface area contributed by atoms with Crippen LogP contribution in [0.5, 0.6) is 5.75 Å².